The van der Waals surface area contributed by atoms with Gasteiger partial charge in [0.15, 0.2) is 0 Å². The third kappa shape index (κ3) is 2.90. The molecule has 2 aliphatic heterocycles. The fourth-order valence-corrected chi connectivity index (χ4v) is 4.29. The lowest BCUT2D eigenvalue weighted by Crippen LogP contribution is -2.48. The number of nitrogens with one attached hydrogen (secondary N) is 1. The zero-order valence-electron chi connectivity index (χ0n) is 11.4. The lowest BCUT2D eigenvalue weighted by atomic mass is 9.98. The Labute approximate surface area is 141 Å². The van der Waals surface area contributed by atoms with Crippen LogP contribution in [0.15, 0.2) is 22.7 Å². The maximum Gasteiger partial charge on any atom is 0.254 e. The van der Waals surface area contributed by atoms with Gasteiger partial charge in [0.05, 0.1) is 5.56 Å². The van der Waals surface area contributed by atoms with Crippen molar-refractivity contribution in [3.05, 3.63) is 31.8 Å². The molecule has 2 unspecified atom stereocenters. The van der Waals surface area contributed by atoms with Crippen LogP contribution in [-0.2, 0) is 0 Å². The zero-order chi connectivity index (χ0) is 14.3. The summed E-state index contributed by atoms with van der Waals surface area (Å²) in [6.45, 7) is 0. The SMILES string of the molecule is CN(C(=O)c1cc(Br)ccc1I)C1CC2CCC(C1)N2. The average Bonchev–Trinajstić information content (AvgIpc) is 2.78. The predicted octanol–water partition coefficient (Wildman–Crippen LogP) is 3.41. The first-order valence-electron chi connectivity index (χ1n) is 7.03. The van der Waals surface area contributed by atoms with Gasteiger partial charge in [0.25, 0.3) is 5.91 Å². The van der Waals surface area contributed by atoms with Gasteiger partial charge in [-0.2, -0.15) is 0 Å². The summed E-state index contributed by atoms with van der Waals surface area (Å²) in [6.07, 6.45) is 4.70. The number of hydrogen-bond acceptors (Lipinski definition) is 2. The van der Waals surface area contributed by atoms with Crippen LogP contribution in [0.3, 0.4) is 0 Å². The first kappa shape index (κ1) is 14.8. The van der Waals surface area contributed by atoms with Crippen LogP contribution in [-0.4, -0.2) is 36.0 Å². The van der Waals surface area contributed by atoms with Gasteiger partial charge < -0.3 is 10.2 Å². The maximum atomic E-state index is 12.7. The largest absolute Gasteiger partial charge is 0.339 e. The van der Waals surface area contributed by atoms with Gasteiger partial charge in [-0.15, -0.1) is 0 Å². The van der Waals surface area contributed by atoms with Crippen LogP contribution < -0.4 is 5.32 Å². The number of carbonyl (C=O) groups is 1. The Balaban J connectivity index is 1.78. The van der Waals surface area contributed by atoms with Gasteiger partial charge in [-0.3, -0.25) is 4.79 Å². The van der Waals surface area contributed by atoms with Crippen molar-refractivity contribution in [2.75, 3.05) is 7.05 Å². The molecule has 0 radical (unpaired) electrons. The van der Waals surface area contributed by atoms with Crippen molar-refractivity contribution in [3.63, 3.8) is 0 Å². The summed E-state index contributed by atoms with van der Waals surface area (Å²) in [5.74, 6) is 0.141. The van der Waals surface area contributed by atoms with E-state index in [-0.39, 0.29) is 5.91 Å². The topological polar surface area (TPSA) is 32.3 Å². The fourth-order valence-electron chi connectivity index (χ4n) is 3.36. The molecule has 2 fully saturated rings. The normalized spacial score (nSPS) is 28.4. The fraction of sp³-hybridized carbons (Fsp3) is 0.533. The molecule has 3 nitrogen and oxygen atoms in total. The monoisotopic (exact) mass is 448 g/mol. The number of piperidine rings is 1. The number of rotatable bonds is 2. The van der Waals surface area contributed by atoms with E-state index in [1.54, 1.807) is 0 Å². The third-order valence-electron chi connectivity index (χ3n) is 4.48. The Morgan fingerprint density at radius 2 is 2.00 bits per heavy atom. The molecule has 5 heteroatoms. The quantitative estimate of drug-likeness (QED) is 0.703. The molecule has 1 N–H and O–H groups in total. The highest BCUT2D eigenvalue weighted by atomic mass is 127. The van der Waals surface area contributed by atoms with Crippen molar-refractivity contribution in [3.8, 4) is 0 Å². The molecule has 2 heterocycles. The minimum atomic E-state index is 0.141. The molecule has 1 amide bonds. The Bertz CT molecular complexity index is 525. The van der Waals surface area contributed by atoms with Crippen LogP contribution in [0.4, 0.5) is 0 Å². The highest BCUT2D eigenvalue weighted by Gasteiger charge is 2.36. The van der Waals surface area contributed by atoms with Crippen molar-refractivity contribution in [2.24, 2.45) is 0 Å². The third-order valence-corrected chi connectivity index (χ3v) is 5.91. The van der Waals surface area contributed by atoms with Gasteiger partial charge in [-0.25, -0.2) is 0 Å². The second-order valence-electron chi connectivity index (χ2n) is 5.80. The first-order chi connectivity index (χ1) is 9.54. The molecule has 108 valence electrons. The van der Waals surface area contributed by atoms with Crippen molar-refractivity contribution < 1.29 is 4.79 Å². The van der Waals surface area contributed by atoms with E-state index in [1.807, 2.05) is 30.1 Å². The summed E-state index contributed by atoms with van der Waals surface area (Å²) < 4.78 is 1.97. The second-order valence-corrected chi connectivity index (χ2v) is 7.88. The standard InChI is InChI=1S/C15H18BrIN2O/c1-19(12-7-10-3-4-11(8-12)18-10)15(20)13-6-9(16)2-5-14(13)17/h2,5-6,10-12,18H,3-4,7-8H2,1H3. The van der Waals surface area contributed by atoms with Gasteiger partial charge in [0.2, 0.25) is 0 Å². The summed E-state index contributed by atoms with van der Waals surface area (Å²) in [5, 5.41) is 3.63. The molecular weight excluding hydrogens is 431 g/mol. The van der Waals surface area contributed by atoms with Crippen LogP contribution in [0.25, 0.3) is 0 Å². The zero-order valence-corrected chi connectivity index (χ0v) is 15.1. The number of fused-ring (bicyclic) bond motifs is 2. The van der Waals surface area contributed by atoms with E-state index in [0.717, 1.165) is 26.4 Å². The molecule has 2 atom stereocenters. The molecule has 1 aromatic carbocycles. The molecule has 2 bridgehead atoms. The lowest BCUT2D eigenvalue weighted by Gasteiger charge is -2.35. The number of halogens is 2. The van der Waals surface area contributed by atoms with Gasteiger partial charge in [0, 0.05) is 33.2 Å². The van der Waals surface area contributed by atoms with Crippen LogP contribution in [0.2, 0.25) is 0 Å². The van der Waals surface area contributed by atoms with Crippen LogP contribution in [0.1, 0.15) is 36.0 Å². The Hall–Kier alpha value is -0.140. The Morgan fingerprint density at radius 1 is 1.35 bits per heavy atom. The molecule has 2 aliphatic rings. The number of benzene rings is 1. The van der Waals surface area contributed by atoms with E-state index >= 15 is 0 Å². The van der Waals surface area contributed by atoms with Gasteiger partial charge in [-0.05, 0) is 66.5 Å². The van der Waals surface area contributed by atoms with Crippen molar-refractivity contribution in [2.45, 2.75) is 43.8 Å². The van der Waals surface area contributed by atoms with Gasteiger partial charge in [-0.1, -0.05) is 15.9 Å². The molecule has 2 saturated heterocycles. The second kappa shape index (κ2) is 5.93. The molecule has 3 rings (SSSR count). The summed E-state index contributed by atoms with van der Waals surface area (Å²) in [5.41, 5.74) is 0.799. The van der Waals surface area contributed by atoms with Crippen LogP contribution in [0.5, 0.6) is 0 Å². The summed E-state index contributed by atoms with van der Waals surface area (Å²) >= 11 is 5.69. The highest BCUT2D eigenvalue weighted by molar-refractivity contribution is 14.1. The molecular formula is C15H18BrIN2O. The van der Waals surface area contributed by atoms with E-state index < -0.39 is 0 Å². The van der Waals surface area contributed by atoms with Crippen LogP contribution >= 0.6 is 38.5 Å². The van der Waals surface area contributed by atoms with Crippen LogP contribution in [0, 0.1) is 3.57 Å². The number of amides is 1. The average molecular weight is 449 g/mol. The van der Waals surface area contributed by atoms with E-state index in [0.29, 0.717) is 18.1 Å². The number of hydrogen-bond donors (Lipinski definition) is 1. The van der Waals surface area contributed by atoms with E-state index in [1.165, 1.54) is 12.8 Å². The molecule has 0 spiro atoms. The molecule has 0 aliphatic carbocycles. The molecule has 0 aromatic heterocycles. The summed E-state index contributed by atoms with van der Waals surface area (Å²) in [4.78, 5) is 14.7. The van der Waals surface area contributed by atoms with Crippen molar-refractivity contribution in [1.29, 1.82) is 0 Å². The van der Waals surface area contributed by atoms with E-state index in [9.17, 15) is 4.79 Å². The number of nitrogens with zero attached hydrogens (tertiary/aromatic N) is 1. The minimum Gasteiger partial charge on any atom is -0.339 e. The van der Waals surface area contributed by atoms with E-state index in [2.05, 4.69) is 43.8 Å². The minimum absolute atomic E-state index is 0.141. The van der Waals surface area contributed by atoms with Crippen molar-refractivity contribution in [1.82, 2.24) is 10.2 Å². The predicted molar refractivity (Wildman–Crippen MR) is 91.9 cm³/mol. The molecule has 0 saturated carbocycles. The lowest BCUT2D eigenvalue weighted by molar-refractivity contribution is 0.0680. The van der Waals surface area contributed by atoms with Gasteiger partial charge >= 0.3 is 0 Å². The number of carbonyl (C=O) groups excluding carboxylic acids is 1. The highest BCUT2D eigenvalue weighted by Crippen LogP contribution is 2.30. The summed E-state index contributed by atoms with van der Waals surface area (Å²) in [6, 6.07) is 7.47. The Morgan fingerprint density at radius 3 is 2.65 bits per heavy atom. The van der Waals surface area contributed by atoms with E-state index in [4.69, 9.17) is 0 Å². The molecule has 1 aromatic rings. The van der Waals surface area contributed by atoms with Gasteiger partial charge in [0.1, 0.15) is 0 Å². The summed E-state index contributed by atoms with van der Waals surface area (Å²) in [7, 11) is 1.95. The maximum absolute atomic E-state index is 12.7. The van der Waals surface area contributed by atoms with Crippen molar-refractivity contribution >= 4 is 44.4 Å². The first-order valence-corrected chi connectivity index (χ1v) is 8.90. The molecule has 20 heavy (non-hydrogen) atoms. The Kier molecular flexibility index (Phi) is 4.38. The smallest absolute Gasteiger partial charge is 0.254 e.